The minimum atomic E-state index is -0.321. The lowest BCUT2D eigenvalue weighted by Gasteiger charge is -2.36. The summed E-state index contributed by atoms with van der Waals surface area (Å²) in [5, 5.41) is 2.08. The molecule has 7 heteroatoms. The highest BCUT2D eigenvalue weighted by molar-refractivity contribution is 7.18. The first kappa shape index (κ1) is 13.3. The molecule has 1 aliphatic heterocycles. The van der Waals surface area contributed by atoms with Crippen LogP contribution in [0.25, 0.3) is 10.2 Å². The SMILES string of the molecule is Cc1csc2c(N3CCOCC3CC(N)=O)ncnc12. The second-order valence-corrected chi connectivity index (χ2v) is 5.77. The Morgan fingerprint density at radius 3 is 3.25 bits per heavy atom. The van der Waals surface area contributed by atoms with E-state index in [9.17, 15) is 4.79 Å². The number of amides is 1. The first-order chi connectivity index (χ1) is 9.66. The molecule has 1 aliphatic rings. The van der Waals surface area contributed by atoms with Crippen molar-refractivity contribution in [3.63, 3.8) is 0 Å². The summed E-state index contributed by atoms with van der Waals surface area (Å²) in [6.45, 7) is 3.88. The summed E-state index contributed by atoms with van der Waals surface area (Å²) in [6.07, 6.45) is 1.85. The van der Waals surface area contributed by atoms with Crippen LogP contribution in [-0.4, -0.2) is 41.7 Å². The molecule has 2 aromatic heterocycles. The van der Waals surface area contributed by atoms with Crippen LogP contribution in [0.2, 0.25) is 0 Å². The lowest BCUT2D eigenvalue weighted by Crippen LogP contribution is -2.47. The van der Waals surface area contributed by atoms with E-state index in [2.05, 4.69) is 20.2 Å². The number of aromatic nitrogens is 2. The normalized spacial score (nSPS) is 19.4. The lowest BCUT2D eigenvalue weighted by molar-refractivity contribution is -0.118. The van der Waals surface area contributed by atoms with Crippen molar-refractivity contribution in [2.24, 2.45) is 5.73 Å². The summed E-state index contributed by atoms with van der Waals surface area (Å²) in [5.74, 6) is 0.556. The van der Waals surface area contributed by atoms with Crippen LogP contribution in [0, 0.1) is 6.92 Å². The molecule has 3 rings (SSSR count). The molecule has 0 radical (unpaired) electrons. The topological polar surface area (TPSA) is 81.3 Å². The predicted molar refractivity (Wildman–Crippen MR) is 77.9 cm³/mol. The van der Waals surface area contributed by atoms with Gasteiger partial charge in [0.1, 0.15) is 12.1 Å². The molecule has 6 nitrogen and oxygen atoms in total. The number of primary amides is 1. The number of nitrogens with two attached hydrogens (primary N) is 1. The molecule has 0 aromatic carbocycles. The Bertz CT molecular complexity index is 642. The second kappa shape index (κ2) is 5.34. The predicted octanol–water partition coefficient (Wildman–Crippen LogP) is 1.08. The molecule has 0 bridgehead atoms. The third-order valence-electron chi connectivity index (χ3n) is 3.45. The van der Waals surface area contributed by atoms with E-state index in [1.165, 1.54) is 0 Å². The molecule has 1 fully saturated rings. The number of fused-ring (bicyclic) bond motifs is 1. The van der Waals surface area contributed by atoms with Gasteiger partial charge in [-0.1, -0.05) is 0 Å². The van der Waals surface area contributed by atoms with Gasteiger partial charge in [-0.3, -0.25) is 4.79 Å². The Labute approximate surface area is 120 Å². The van der Waals surface area contributed by atoms with Crippen molar-refractivity contribution in [3.05, 3.63) is 17.3 Å². The number of anilines is 1. The van der Waals surface area contributed by atoms with Gasteiger partial charge in [0.05, 0.1) is 29.5 Å². The molecular formula is C13H16N4O2S. The molecule has 0 aliphatic carbocycles. The Kier molecular flexibility index (Phi) is 3.54. The van der Waals surface area contributed by atoms with Crippen molar-refractivity contribution >= 4 is 33.3 Å². The number of thiophene rings is 1. The molecular weight excluding hydrogens is 276 g/mol. The number of carbonyl (C=O) groups is 1. The van der Waals surface area contributed by atoms with E-state index in [1.54, 1.807) is 17.7 Å². The van der Waals surface area contributed by atoms with Crippen LogP contribution >= 0.6 is 11.3 Å². The van der Waals surface area contributed by atoms with Crippen LogP contribution in [0.5, 0.6) is 0 Å². The molecule has 0 saturated carbocycles. The van der Waals surface area contributed by atoms with Crippen LogP contribution in [-0.2, 0) is 9.53 Å². The first-order valence-electron chi connectivity index (χ1n) is 6.48. The first-order valence-corrected chi connectivity index (χ1v) is 7.36. The van der Waals surface area contributed by atoms with Crippen LogP contribution in [0.15, 0.2) is 11.7 Å². The van der Waals surface area contributed by atoms with Crippen LogP contribution < -0.4 is 10.6 Å². The quantitative estimate of drug-likeness (QED) is 0.915. The summed E-state index contributed by atoms with van der Waals surface area (Å²) >= 11 is 1.63. The molecule has 1 atom stereocenters. The Hall–Kier alpha value is -1.73. The number of aryl methyl sites for hydroxylation is 1. The average Bonchev–Trinajstić information content (AvgIpc) is 2.81. The summed E-state index contributed by atoms with van der Waals surface area (Å²) in [6, 6.07) is -0.0539. The number of ether oxygens (including phenoxy) is 1. The Morgan fingerprint density at radius 2 is 2.45 bits per heavy atom. The third kappa shape index (κ3) is 2.34. The maximum absolute atomic E-state index is 11.2. The molecule has 20 heavy (non-hydrogen) atoms. The molecule has 1 saturated heterocycles. The maximum atomic E-state index is 11.2. The maximum Gasteiger partial charge on any atom is 0.219 e. The third-order valence-corrected chi connectivity index (χ3v) is 4.53. The largest absolute Gasteiger partial charge is 0.377 e. The number of nitrogens with zero attached hydrogens (tertiary/aromatic N) is 3. The molecule has 1 unspecified atom stereocenters. The zero-order chi connectivity index (χ0) is 14.1. The number of hydrogen-bond acceptors (Lipinski definition) is 6. The van der Waals surface area contributed by atoms with E-state index in [4.69, 9.17) is 10.5 Å². The summed E-state index contributed by atoms with van der Waals surface area (Å²) < 4.78 is 6.52. The average molecular weight is 292 g/mol. The van der Waals surface area contributed by atoms with E-state index in [-0.39, 0.29) is 18.4 Å². The standard InChI is InChI=1S/C13H16N4O2S/c1-8-6-20-12-11(8)15-7-16-13(12)17-2-3-19-5-9(17)4-10(14)18/h6-7,9H,2-5H2,1H3,(H2,14,18). The number of morpholine rings is 1. The van der Waals surface area contributed by atoms with E-state index in [1.807, 2.05) is 6.92 Å². The number of hydrogen-bond donors (Lipinski definition) is 1. The van der Waals surface area contributed by atoms with Gasteiger partial charge in [-0.15, -0.1) is 11.3 Å². The van der Waals surface area contributed by atoms with Gasteiger partial charge in [0.2, 0.25) is 5.91 Å². The Morgan fingerprint density at radius 1 is 1.60 bits per heavy atom. The van der Waals surface area contributed by atoms with Gasteiger partial charge in [-0.05, 0) is 17.9 Å². The van der Waals surface area contributed by atoms with E-state index >= 15 is 0 Å². The fourth-order valence-electron chi connectivity index (χ4n) is 2.50. The zero-order valence-corrected chi connectivity index (χ0v) is 12.0. The number of rotatable bonds is 3. The summed E-state index contributed by atoms with van der Waals surface area (Å²) in [7, 11) is 0. The Balaban J connectivity index is 2.01. The van der Waals surface area contributed by atoms with Gasteiger partial charge in [0.15, 0.2) is 0 Å². The smallest absolute Gasteiger partial charge is 0.219 e. The molecule has 1 amide bonds. The highest BCUT2D eigenvalue weighted by Gasteiger charge is 2.27. The second-order valence-electron chi connectivity index (χ2n) is 4.89. The van der Waals surface area contributed by atoms with Gasteiger partial charge in [-0.2, -0.15) is 0 Å². The molecule has 2 aromatic rings. The van der Waals surface area contributed by atoms with Gasteiger partial charge in [0.25, 0.3) is 0 Å². The van der Waals surface area contributed by atoms with Crippen molar-refractivity contribution < 1.29 is 9.53 Å². The van der Waals surface area contributed by atoms with E-state index in [0.717, 1.165) is 21.6 Å². The molecule has 3 heterocycles. The van der Waals surface area contributed by atoms with E-state index in [0.29, 0.717) is 19.8 Å². The molecule has 0 spiro atoms. The van der Waals surface area contributed by atoms with Crippen molar-refractivity contribution in [2.45, 2.75) is 19.4 Å². The van der Waals surface area contributed by atoms with Gasteiger partial charge < -0.3 is 15.4 Å². The fraction of sp³-hybridized carbons (Fsp3) is 0.462. The minimum absolute atomic E-state index is 0.0539. The van der Waals surface area contributed by atoms with Gasteiger partial charge in [-0.25, -0.2) is 9.97 Å². The summed E-state index contributed by atoms with van der Waals surface area (Å²) in [4.78, 5) is 22.1. The minimum Gasteiger partial charge on any atom is -0.377 e. The van der Waals surface area contributed by atoms with Gasteiger partial charge in [0, 0.05) is 13.0 Å². The van der Waals surface area contributed by atoms with Crippen LogP contribution in [0.3, 0.4) is 0 Å². The fourth-order valence-corrected chi connectivity index (χ4v) is 3.50. The van der Waals surface area contributed by atoms with Crippen molar-refractivity contribution in [2.75, 3.05) is 24.7 Å². The molecule has 106 valence electrons. The monoisotopic (exact) mass is 292 g/mol. The van der Waals surface area contributed by atoms with Crippen molar-refractivity contribution in [1.82, 2.24) is 9.97 Å². The number of carbonyl (C=O) groups excluding carboxylic acids is 1. The van der Waals surface area contributed by atoms with Crippen molar-refractivity contribution in [3.8, 4) is 0 Å². The van der Waals surface area contributed by atoms with E-state index < -0.39 is 0 Å². The lowest BCUT2D eigenvalue weighted by atomic mass is 10.1. The highest BCUT2D eigenvalue weighted by Crippen LogP contribution is 2.32. The zero-order valence-electron chi connectivity index (χ0n) is 11.2. The highest BCUT2D eigenvalue weighted by atomic mass is 32.1. The van der Waals surface area contributed by atoms with Crippen LogP contribution in [0.1, 0.15) is 12.0 Å². The van der Waals surface area contributed by atoms with Crippen molar-refractivity contribution in [1.29, 1.82) is 0 Å². The summed E-state index contributed by atoms with van der Waals surface area (Å²) in [5.41, 5.74) is 7.45. The van der Waals surface area contributed by atoms with Gasteiger partial charge >= 0.3 is 0 Å². The molecule has 2 N–H and O–H groups in total. The van der Waals surface area contributed by atoms with Crippen LogP contribution in [0.4, 0.5) is 5.82 Å².